The summed E-state index contributed by atoms with van der Waals surface area (Å²) < 4.78 is 1.87. The van der Waals surface area contributed by atoms with Crippen molar-refractivity contribution in [2.75, 3.05) is 6.54 Å². The number of nitrogens with zero attached hydrogens (tertiary/aromatic N) is 4. The molecule has 7 nitrogen and oxygen atoms in total. The van der Waals surface area contributed by atoms with Crippen LogP contribution in [-0.2, 0) is 24.3 Å². The molecule has 0 bridgehead atoms. The van der Waals surface area contributed by atoms with Gasteiger partial charge >= 0.3 is 0 Å². The molecule has 4 aromatic rings. The van der Waals surface area contributed by atoms with E-state index in [1.165, 1.54) is 11.1 Å². The van der Waals surface area contributed by atoms with Crippen LogP contribution in [0, 0.1) is 20.8 Å². The molecule has 37 heavy (non-hydrogen) atoms. The van der Waals surface area contributed by atoms with Crippen LogP contribution in [0.1, 0.15) is 68.6 Å². The monoisotopic (exact) mass is 495 g/mol. The second-order valence-electron chi connectivity index (χ2n) is 10.1. The number of benzene rings is 3. The van der Waals surface area contributed by atoms with Gasteiger partial charge in [0.15, 0.2) is 0 Å². The van der Waals surface area contributed by atoms with Crippen molar-refractivity contribution in [3.63, 3.8) is 0 Å². The van der Waals surface area contributed by atoms with Crippen LogP contribution >= 0.6 is 0 Å². The summed E-state index contributed by atoms with van der Waals surface area (Å²) >= 11 is 0. The van der Waals surface area contributed by atoms with E-state index in [4.69, 9.17) is 5.73 Å². The van der Waals surface area contributed by atoms with E-state index in [-0.39, 0.29) is 24.2 Å². The number of rotatable bonds is 6. The Bertz CT molecular complexity index is 1520. The average molecular weight is 496 g/mol. The minimum Gasteiger partial charge on any atom is -0.370 e. The zero-order valence-electron chi connectivity index (χ0n) is 21.9. The molecule has 5 rings (SSSR count). The zero-order valence-corrected chi connectivity index (χ0v) is 21.9. The molecule has 1 unspecified atom stereocenters. The van der Waals surface area contributed by atoms with Gasteiger partial charge in [0.2, 0.25) is 5.91 Å². The lowest BCUT2D eigenvalue weighted by Gasteiger charge is -2.30. The normalized spacial score (nSPS) is 14.0. The first-order valence-electron chi connectivity index (χ1n) is 12.9. The molecule has 0 saturated carbocycles. The van der Waals surface area contributed by atoms with Gasteiger partial charge in [-0.05, 0) is 91.3 Å². The number of amides is 2. The highest BCUT2D eigenvalue weighted by atomic mass is 16.2. The quantitative estimate of drug-likeness (QED) is 0.424. The molecule has 2 heterocycles. The number of hydrogen-bond acceptors (Lipinski definition) is 4. The van der Waals surface area contributed by atoms with E-state index in [2.05, 4.69) is 41.5 Å². The Morgan fingerprint density at radius 3 is 2.54 bits per heavy atom. The fourth-order valence-electron chi connectivity index (χ4n) is 5.43. The van der Waals surface area contributed by atoms with Gasteiger partial charge in [-0.1, -0.05) is 35.5 Å². The average Bonchev–Trinajstić information content (AvgIpc) is 3.32. The maximum Gasteiger partial charge on any atom is 0.254 e. The first-order chi connectivity index (χ1) is 17.8. The van der Waals surface area contributed by atoms with E-state index in [1.807, 2.05) is 54.6 Å². The predicted molar refractivity (Wildman–Crippen MR) is 144 cm³/mol. The number of carbonyl (C=O) groups is 2. The van der Waals surface area contributed by atoms with Crippen molar-refractivity contribution in [1.82, 2.24) is 19.9 Å². The molecule has 1 aromatic heterocycles. The minimum atomic E-state index is -0.356. The van der Waals surface area contributed by atoms with Gasteiger partial charge in [-0.2, -0.15) is 0 Å². The van der Waals surface area contributed by atoms with Crippen LogP contribution in [0.4, 0.5) is 0 Å². The van der Waals surface area contributed by atoms with E-state index in [1.54, 1.807) is 0 Å². The summed E-state index contributed by atoms with van der Waals surface area (Å²) in [6.07, 6.45) is 0.996. The number of fused-ring (bicyclic) bond motifs is 2. The zero-order chi connectivity index (χ0) is 26.3. The molecule has 1 aliphatic rings. The van der Waals surface area contributed by atoms with Crippen molar-refractivity contribution >= 4 is 22.8 Å². The van der Waals surface area contributed by atoms with E-state index in [9.17, 15) is 9.59 Å². The number of aryl methyl sites for hydroxylation is 4. The Kier molecular flexibility index (Phi) is 6.54. The van der Waals surface area contributed by atoms with Gasteiger partial charge in [0.05, 0.1) is 5.52 Å². The van der Waals surface area contributed by atoms with Crippen LogP contribution in [-0.4, -0.2) is 38.3 Å². The fourth-order valence-corrected chi connectivity index (χ4v) is 5.43. The summed E-state index contributed by atoms with van der Waals surface area (Å²) in [5.74, 6) is -0.510. The molecule has 2 N–H and O–H groups in total. The summed E-state index contributed by atoms with van der Waals surface area (Å²) in [6, 6.07) is 16.4. The van der Waals surface area contributed by atoms with Crippen LogP contribution in [0.2, 0.25) is 0 Å². The van der Waals surface area contributed by atoms with E-state index in [0.29, 0.717) is 13.1 Å². The lowest BCUT2D eigenvalue weighted by molar-refractivity contribution is -0.118. The van der Waals surface area contributed by atoms with Crippen LogP contribution in [0.5, 0.6) is 0 Å². The summed E-state index contributed by atoms with van der Waals surface area (Å²) in [7, 11) is 0. The Hall–Kier alpha value is -4.00. The molecule has 1 atom stereocenters. The van der Waals surface area contributed by atoms with Crippen molar-refractivity contribution in [2.24, 2.45) is 5.73 Å². The van der Waals surface area contributed by atoms with Crippen LogP contribution in [0.3, 0.4) is 0 Å². The number of aromatic nitrogens is 3. The lowest BCUT2D eigenvalue weighted by atomic mass is 9.83. The number of primary amides is 1. The van der Waals surface area contributed by atoms with Gasteiger partial charge < -0.3 is 10.6 Å². The van der Waals surface area contributed by atoms with E-state index in [0.717, 1.165) is 57.4 Å². The van der Waals surface area contributed by atoms with Crippen molar-refractivity contribution in [1.29, 1.82) is 0 Å². The third-order valence-corrected chi connectivity index (χ3v) is 7.75. The molecule has 0 fully saturated rings. The molecular weight excluding hydrogens is 462 g/mol. The van der Waals surface area contributed by atoms with Gasteiger partial charge in [0.25, 0.3) is 5.91 Å². The summed E-state index contributed by atoms with van der Waals surface area (Å²) in [4.78, 5) is 27.4. The predicted octanol–water partition coefficient (Wildman–Crippen LogP) is 4.58. The van der Waals surface area contributed by atoms with Crippen molar-refractivity contribution in [3.8, 4) is 0 Å². The molecule has 190 valence electrons. The van der Waals surface area contributed by atoms with Crippen molar-refractivity contribution < 1.29 is 9.59 Å². The highest BCUT2D eigenvalue weighted by Gasteiger charge is 2.26. The fraction of sp³-hybridized carbons (Fsp3) is 0.333. The number of nitrogens with two attached hydrogens (primary N) is 1. The topological polar surface area (TPSA) is 94.1 Å². The third-order valence-electron chi connectivity index (χ3n) is 7.75. The number of carbonyl (C=O) groups excluding carboxylic acids is 2. The van der Waals surface area contributed by atoms with Gasteiger partial charge in [-0.3, -0.25) is 9.59 Å². The van der Waals surface area contributed by atoms with Crippen LogP contribution in [0.15, 0.2) is 48.5 Å². The van der Waals surface area contributed by atoms with Crippen molar-refractivity contribution in [3.05, 3.63) is 93.0 Å². The van der Waals surface area contributed by atoms with Gasteiger partial charge in [0, 0.05) is 37.5 Å². The molecule has 0 spiro atoms. The molecule has 0 aliphatic carbocycles. The molecule has 7 heteroatoms. The molecule has 0 radical (unpaired) electrons. The smallest absolute Gasteiger partial charge is 0.254 e. The SMILES string of the molecule is CCn1nnc2c(C)c(C(CC(N)=O)c3ccc4c(c3)CN(C(=O)c3ccc(C)c(C)c3)CC4)ccc21. The van der Waals surface area contributed by atoms with Gasteiger partial charge in [0.1, 0.15) is 5.52 Å². The van der Waals surface area contributed by atoms with Crippen molar-refractivity contribution in [2.45, 2.75) is 59.5 Å². The molecule has 0 saturated heterocycles. The van der Waals surface area contributed by atoms with Crippen LogP contribution in [0.25, 0.3) is 11.0 Å². The largest absolute Gasteiger partial charge is 0.370 e. The highest BCUT2D eigenvalue weighted by molar-refractivity contribution is 5.94. The summed E-state index contributed by atoms with van der Waals surface area (Å²) in [5.41, 5.74) is 16.0. The Morgan fingerprint density at radius 2 is 1.81 bits per heavy atom. The summed E-state index contributed by atoms with van der Waals surface area (Å²) in [5, 5.41) is 8.66. The Labute approximate surface area is 217 Å². The van der Waals surface area contributed by atoms with Gasteiger partial charge in [-0.25, -0.2) is 4.68 Å². The minimum absolute atomic E-state index is 0.0492. The van der Waals surface area contributed by atoms with Crippen LogP contribution < -0.4 is 5.73 Å². The second kappa shape index (κ2) is 9.81. The first kappa shape index (κ1) is 24.7. The standard InChI is InChI=1S/C30H33N5O2/c1-5-35-27-11-10-25(20(4)29(27)32-33-35)26(16-28(31)36)22-9-8-21-12-13-34(17-24(21)15-22)30(37)23-7-6-18(2)19(3)14-23/h6-11,14-15,26H,5,12-13,16-17H2,1-4H3,(H2,31,36). The Balaban J connectivity index is 1.49. The second-order valence-corrected chi connectivity index (χ2v) is 10.1. The molecule has 3 aromatic carbocycles. The maximum absolute atomic E-state index is 13.3. The highest BCUT2D eigenvalue weighted by Crippen LogP contribution is 2.35. The summed E-state index contributed by atoms with van der Waals surface area (Å²) in [6.45, 7) is 10.1. The molecular formula is C30H33N5O2. The first-order valence-corrected chi connectivity index (χ1v) is 12.9. The van der Waals surface area contributed by atoms with E-state index < -0.39 is 0 Å². The van der Waals surface area contributed by atoms with E-state index >= 15 is 0 Å². The molecule has 2 amide bonds. The Morgan fingerprint density at radius 1 is 1.00 bits per heavy atom. The molecule has 1 aliphatic heterocycles. The van der Waals surface area contributed by atoms with Gasteiger partial charge in [-0.15, -0.1) is 5.10 Å². The maximum atomic E-state index is 13.3. The third kappa shape index (κ3) is 4.61. The lowest BCUT2D eigenvalue weighted by Crippen LogP contribution is -2.36. The number of hydrogen-bond donors (Lipinski definition) is 1.